The first-order valence-corrected chi connectivity index (χ1v) is 7.00. The molecule has 0 bridgehead atoms. The Morgan fingerprint density at radius 1 is 1.26 bits per heavy atom. The van der Waals surface area contributed by atoms with E-state index >= 15 is 0 Å². The Balaban J connectivity index is 2.55. The molecule has 0 aliphatic carbocycles. The van der Waals surface area contributed by atoms with Crippen molar-refractivity contribution in [2.24, 2.45) is 0 Å². The van der Waals surface area contributed by atoms with Crippen LogP contribution in [-0.4, -0.2) is 18.1 Å². The predicted octanol–water partition coefficient (Wildman–Crippen LogP) is 3.32. The Labute approximate surface area is 116 Å². The summed E-state index contributed by atoms with van der Waals surface area (Å²) in [6.07, 6.45) is 2.13. The van der Waals surface area contributed by atoms with Crippen LogP contribution in [-0.2, 0) is 11.2 Å². The topological polar surface area (TPSA) is 38.3 Å². The third kappa shape index (κ3) is 5.33. The Bertz CT molecular complexity index is 413. The van der Waals surface area contributed by atoms with E-state index in [-0.39, 0.29) is 11.4 Å². The number of benzene rings is 1. The molecule has 106 valence electrons. The van der Waals surface area contributed by atoms with Crippen molar-refractivity contribution in [1.82, 2.24) is 5.32 Å². The number of ether oxygens (including phenoxy) is 1. The summed E-state index contributed by atoms with van der Waals surface area (Å²) in [6, 6.07) is 7.90. The fourth-order valence-corrected chi connectivity index (χ4v) is 1.78. The second-order valence-electron chi connectivity index (χ2n) is 5.33. The highest BCUT2D eigenvalue weighted by molar-refractivity contribution is 5.77. The van der Waals surface area contributed by atoms with Gasteiger partial charge in [-0.25, -0.2) is 0 Å². The lowest BCUT2D eigenvalue weighted by Crippen LogP contribution is -2.42. The van der Waals surface area contributed by atoms with Gasteiger partial charge in [0.05, 0.1) is 6.61 Å². The Hall–Kier alpha value is -1.51. The Morgan fingerprint density at radius 3 is 2.58 bits per heavy atom. The highest BCUT2D eigenvalue weighted by atomic mass is 16.5. The fraction of sp³-hybridized carbons (Fsp3) is 0.562. The maximum absolute atomic E-state index is 11.9. The summed E-state index contributed by atoms with van der Waals surface area (Å²) in [4.78, 5) is 11.9. The minimum absolute atomic E-state index is 0.0955. The third-order valence-corrected chi connectivity index (χ3v) is 3.26. The molecule has 0 atom stereocenters. The first-order valence-electron chi connectivity index (χ1n) is 7.00. The van der Waals surface area contributed by atoms with E-state index in [9.17, 15) is 4.79 Å². The second-order valence-corrected chi connectivity index (χ2v) is 5.33. The van der Waals surface area contributed by atoms with Gasteiger partial charge < -0.3 is 10.1 Å². The van der Waals surface area contributed by atoms with Crippen molar-refractivity contribution in [3.05, 3.63) is 29.8 Å². The van der Waals surface area contributed by atoms with Crippen molar-refractivity contribution in [3.8, 4) is 5.75 Å². The van der Waals surface area contributed by atoms with Crippen LogP contribution in [0.5, 0.6) is 5.75 Å². The van der Waals surface area contributed by atoms with Gasteiger partial charge in [0, 0.05) is 12.0 Å². The number of nitrogens with one attached hydrogen (secondary N) is 1. The van der Waals surface area contributed by atoms with Crippen molar-refractivity contribution >= 4 is 5.91 Å². The quantitative estimate of drug-likeness (QED) is 0.819. The van der Waals surface area contributed by atoms with Crippen molar-refractivity contribution in [3.63, 3.8) is 0 Å². The van der Waals surface area contributed by atoms with E-state index < -0.39 is 0 Å². The number of hydrogen-bond donors (Lipinski definition) is 1. The highest BCUT2D eigenvalue weighted by Gasteiger charge is 2.17. The molecule has 0 radical (unpaired) electrons. The highest BCUT2D eigenvalue weighted by Crippen LogP contribution is 2.19. The lowest BCUT2D eigenvalue weighted by Gasteiger charge is -2.24. The number of aryl methyl sites for hydroxylation is 1. The van der Waals surface area contributed by atoms with E-state index in [0.717, 1.165) is 17.7 Å². The van der Waals surface area contributed by atoms with Gasteiger partial charge in [-0.3, -0.25) is 4.79 Å². The van der Waals surface area contributed by atoms with Crippen LogP contribution in [0.25, 0.3) is 0 Å². The van der Waals surface area contributed by atoms with E-state index in [1.165, 1.54) is 0 Å². The SMILES string of the molecule is CCOc1ccccc1CCC(=O)NC(C)(C)CC. The van der Waals surface area contributed by atoms with Crippen LogP contribution < -0.4 is 10.1 Å². The van der Waals surface area contributed by atoms with E-state index in [4.69, 9.17) is 4.74 Å². The number of carbonyl (C=O) groups excluding carboxylic acids is 1. The molecule has 0 unspecified atom stereocenters. The lowest BCUT2D eigenvalue weighted by atomic mass is 10.0. The molecule has 1 N–H and O–H groups in total. The maximum Gasteiger partial charge on any atom is 0.220 e. The zero-order valence-electron chi connectivity index (χ0n) is 12.5. The molecule has 0 fully saturated rings. The first kappa shape index (κ1) is 15.5. The van der Waals surface area contributed by atoms with Gasteiger partial charge in [-0.2, -0.15) is 0 Å². The standard InChI is InChI=1S/C16H25NO2/c1-5-16(3,4)17-15(18)12-11-13-9-7-8-10-14(13)19-6-2/h7-10H,5-6,11-12H2,1-4H3,(H,17,18). The van der Waals surface area contributed by atoms with Gasteiger partial charge in [-0.05, 0) is 45.2 Å². The fourth-order valence-electron chi connectivity index (χ4n) is 1.78. The van der Waals surface area contributed by atoms with Crippen LogP contribution in [0.1, 0.15) is 46.1 Å². The molecule has 1 amide bonds. The second kappa shape index (κ2) is 7.17. The van der Waals surface area contributed by atoms with Crippen LogP contribution in [0.15, 0.2) is 24.3 Å². The largest absolute Gasteiger partial charge is 0.494 e. The summed E-state index contributed by atoms with van der Waals surface area (Å²) in [7, 11) is 0. The van der Waals surface area contributed by atoms with Gasteiger partial charge in [0.1, 0.15) is 5.75 Å². The van der Waals surface area contributed by atoms with Crippen molar-refractivity contribution < 1.29 is 9.53 Å². The molecule has 0 aromatic heterocycles. The summed E-state index contributed by atoms with van der Waals surface area (Å²) in [5.41, 5.74) is 0.963. The predicted molar refractivity (Wildman–Crippen MR) is 78.4 cm³/mol. The average molecular weight is 263 g/mol. The first-order chi connectivity index (χ1) is 8.98. The van der Waals surface area contributed by atoms with Crippen molar-refractivity contribution in [2.45, 2.75) is 52.5 Å². The van der Waals surface area contributed by atoms with E-state index in [2.05, 4.69) is 12.2 Å². The van der Waals surface area contributed by atoms with Crippen LogP contribution in [0.4, 0.5) is 0 Å². The summed E-state index contributed by atoms with van der Waals surface area (Å²) >= 11 is 0. The monoisotopic (exact) mass is 263 g/mol. The molecule has 0 saturated carbocycles. The molecule has 0 heterocycles. The molecule has 3 heteroatoms. The molecule has 1 aromatic carbocycles. The summed E-state index contributed by atoms with van der Waals surface area (Å²) in [5.74, 6) is 0.978. The van der Waals surface area contributed by atoms with E-state index in [0.29, 0.717) is 19.4 Å². The minimum Gasteiger partial charge on any atom is -0.494 e. The summed E-state index contributed by atoms with van der Waals surface area (Å²) in [6.45, 7) is 8.77. The molecule has 3 nitrogen and oxygen atoms in total. The summed E-state index contributed by atoms with van der Waals surface area (Å²) < 4.78 is 5.56. The van der Waals surface area contributed by atoms with Gasteiger partial charge in [0.15, 0.2) is 0 Å². The zero-order chi connectivity index (χ0) is 14.3. The molecule has 0 aliphatic heterocycles. The van der Waals surface area contributed by atoms with E-state index in [1.54, 1.807) is 0 Å². The number of carbonyl (C=O) groups is 1. The average Bonchev–Trinajstić information content (AvgIpc) is 2.38. The van der Waals surface area contributed by atoms with Crippen molar-refractivity contribution in [2.75, 3.05) is 6.61 Å². The zero-order valence-corrected chi connectivity index (χ0v) is 12.5. The molecular formula is C16H25NO2. The number of para-hydroxylation sites is 1. The Kier molecular flexibility index (Phi) is 5.87. The summed E-state index contributed by atoms with van der Waals surface area (Å²) in [5, 5.41) is 3.05. The minimum atomic E-state index is -0.128. The molecule has 0 spiro atoms. The molecule has 1 aromatic rings. The normalized spacial score (nSPS) is 11.2. The smallest absolute Gasteiger partial charge is 0.220 e. The molecule has 1 rings (SSSR count). The maximum atomic E-state index is 11.9. The van der Waals surface area contributed by atoms with Crippen LogP contribution in [0.3, 0.4) is 0 Å². The lowest BCUT2D eigenvalue weighted by molar-refractivity contribution is -0.122. The van der Waals surface area contributed by atoms with Gasteiger partial charge >= 0.3 is 0 Å². The number of hydrogen-bond acceptors (Lipinski definition) is 2. The van der Waals surface area contributed by atoms with Crippen LogP contribution in [0.2, 0.25) is 0 Å². The number of amides is 1. The molecule has 0 aliphatic rings. The van der Waals surface area contributed by atoms with Crippen LogP contribution in [0, 0.1) is 0 Å². The van der Waals surface area contributed by atoms with Gasteiger partial charge in [-0.15, -0.1) is 0 Å². The van der Waals surface area contributed by atoms with Crippen LogP contribution >= 0.6 is 0 Å². The molecule has 19 heavy (non-hydrogen) atoms. The van der Waals surface area contributed by atoms with E-state index in [1.807, 2.05) is 45.0 Å². The van der Waals surface area contributed by atoms with Crippen molar-refractivity contribution in [1.29, 1.82) is 0 Å². The van der Waals surface area contributed by atoms with Gasteiger partial charge in [0.2, 0.25) is 5.91 Å². The van der Waals surface area contributed by atoms with Gasteiger partial charge in [0.25, 0.3) is 0 Å². The number of rotatable bonds is 7. The van der Waals surface area contributed by atoms with Gasteiger partial charge in [-0.1, -0.05) is 25.1 Å². The third-order valence-electron chi connectivity index (χ3n) is 3.26. The molecular weight excluding hydrogens is 238 g/mol. The Morgan fingerprint density at radius 2 is 1.95 bits per heavy atom. The molecule has 0 saturated heterocycles.